The van der Waals surface area contributed by atoms with E-state index in [1.807, 2.05) is 13.0 Å². The van der Waals surface area contributed by atoms with E-state index in [1.165, 1.54) is 0 Å². The molecule has 1 rings (SSSR count). The second-order valence-corrected chi connectivity index (χ2v) is 4.30. The Balaban J connectivity index is 2.83. The quantitative estimate of drug-likeness (QED) is 0.555. The van der Waals surface area contributed by atoms with Gasteiger partial charge in [-0.2, -0.15) is 0 Å². The molecule has 0 saturated heterocycles. The number of nitrogens with zero attached hydrogens (tertiary/aromatic N) is 2. The summed E-state index contributed by atoms with van der Waals surface area (Å²) in [6.45, 7) is 4.49. The van der Waals surface area contributed by atoms with Crippen LogP contribution < -0.4 is 5.32 Å². The monoisotopic (exact) mass is 267 g/mol. The van der Waals surface area contributed by atoms with E-state index in [2.05, 4.69) is 10.2 Å². The van der Waals surface area contributed by atoms with Crippen LogP contribution in [0, 0.1) is 10.1 Å². The van der Waals surface area contributed by atoms with Crippen molar-refractivity contribution < 1.29 is 10.0 Å². The number of benzene rings is 1. The van der Waals surface area contributed by atoms with Gasteiger partial charge >= 0.3 is 0 Å². The smallest absolute Gasteiger partial charge is 0.292 e. The molecule has 106 valence electrons. The molecule has 2 N–H and O–H groups in total. The molecule has 0 spiro atoms. The largest absolute Gasteiger partial charge is 0.396 e. The molecule has 0 amide bonds. The highest BCUT2D eigenvalue weighted by Crippen LogP contribution is 2.25. The number of anilines is 1. The molecule has 1 aromatic carbocycles. The van der Waals surface area contributed by atoms with Gasteiger partial charge in [-0.3, -0.25) is 15.0 Å². The minimum absolute atomic E-state index is 0.0956. The first kappa shape index (κ1) is 15.4. The van der Waals surface area contributed by atoms with Crippen LogP contribution in [0.25, 0.3) is 0 Å². The lowest BCUT2D eigenvalue weighted by Crippen LogP contribution is -2.24. The SMILES string of the molecule is CCN(CCCO)Cc1ccc(NC)c([N+](=O)[O-])c1. The van der Waals surface area contributed by atoms with Crippen LogP contribution in [0.15, 0.2) is 18.2 Å². The third kappa shape index (κ3) is 4.50. The molecule has 0 saturated carbocycles. The summed E-state index contributed by atoms with van der Waals surface area (Å²) in [4.78, 5) is 12.8. The molecule has 0 aliphatic rings. The van der Waals surface area contributed by atoms with Crippen LogP contribution in [0.4, 0.5) is 11.4 Å². The van der Waals surface area contributed by atoms with Gasteiger partial charge in [0.15, 0.2) is 0 Å². The highest BCUT2D eigenvalue weighted by Gasteiger charge is 2.14. The third-order valence-electron chi connectivity index (χ3n) is 3.01. The zero-order valence-corrected chi connectivity index (χ0v) is 11.4. The highest BCUT2D eigenvalue weighted by molar-refractivity contribution is 5.62. The average Bonchev–Trinajstić information content (AvgIpc) is 2.43. The summed E-state index contributed by atoms with van der Waals surface area (Å²) >= 11 is 0. The topological polar surface area (TPSA) is 78.6 Å². The number of nitro benzene ring substituents is 1. The van der Waals surface area contributed by atoms with Crippen molar-refractivity contribution in [2.45, 2.75) is 19.9 Å². The van der Waals surface area contributed by atoms with Crippen LogP contribution >= 0.6 is 0 Å². The summed E-state index contributed by atoms with van der Waals surface area (Å²) in [5.74, 6) is 0. The molecular formula is C13H21N3O3. The van der Waals surface area contributed by atoms with E-state index in [4.69, 9.17) is 5.11 Å². The maximum Gasteiger partial charge on any atom is 0.292 e. The molecule has 0 aliphatic heterocycles. The normalized spacial score (nSPS) is 10.7. The Morgan fingerprint density at radius 1 is 1.47 bits per heavy atom. The van der Waals surface area contributed by atoms with E-state index in [0.717, 1.165) is 18.7 Å². The Kier molecular flexibility index (Phi) is 6.24. The predicted molar refractivity (Wildman–Crippen MR) is 75.3 cm³/mol. The minimum Gasteiger partial charge on any atom is -0.396 e. The van der Waals surface area contributed by atoms with Crippen LogP contribution in [0.1, 0.15) is 18.9 Å². The second-order valence-electron chi connectivity index (χ2n) is 4.30. The number of rotatable bonds is 8. The van der Waals surface area contributed by atoms with Gasteiger partial charge in [0.2, 0.25) is 0 Å². The summed E-state index contributed by atoms with van der Waals surface area (Å²) in [5, 5.41) is 22.6. The van der Waals surface area contributed by atoms with Gasteiger partial charge in [0, 0.05) is 32.8 Å². The van der Waals surface area contributed by atoms with Gasteiger partial charge in [-0.15, -0.1) is 0 Å². The molecule has 6 heteroatoms. The third-order valence-corrected chi connectivity index (χ3v) is 3.01. The van der Waals surface area contributed by atoms with Gasteiger partial charge < -0.3 is 10.4 Å². The first-order valence-corrected chi connectivity index (χ1v) is 6.40. The lowest BCUT2D eigenvalue weighted by Gasteiger charge is -2.20. The summed E-state index contributed by atoms with van der Waals surface area (Å²) in [5.41, 5.74) is 1.52. The molecular weight excluding hydrogens is 246 g/mol. The molecule has 0 atom stereocenters. The van der Waals surface area contributed by atoms with Crippen molar-refractivity contribution in [3.8, 4) is 0 Å². The molecule has 0 aromatic heterocycles. The number of nitrogens with one attached hydrogen (secondary N) is 1. The van der Waals surface area contributed by atoms with E-state index in [9.17, 15) is 10.1 Å². The Morgan fingerprint density at radius 2 is 2.21 bits per heavy atom. The molecule has 0 bridgehead atoms. The number of nitro groups is 1. The predicted octanol–water partition coefficient (Wildman–Crippen LogP) is 1.84. The van der Waals surface area contributed by atoms with Crippen LogP contribution in [0.5, 0.6) is 0 Å². The second kappa shape index (κ2) is 7.70. The zero-order chi connectivity index (χ0) is 14.3. The molecule has 1 aromatic rings. The maximum atomic E-state index is 11.0. The summed E-state index contributed by atoms with van der Waals surface area (Å²) in [6.07, 6.45) is 0.713. The summed E-state index contributed by atoms with van der Waals surface area (Å²) in [6, 6.07) is 5.22. The van der Waals surface area contributed by atoms with Gasteiger partial charge in [-0.05, 0) is 24.6 Å². The van der Waals surface area contributed by atoms with E-state index in [1.54, 1.807) is 19.2 Å². The van der Waals surface area contributed by atoms with Gasteiger partial charge in [-0.1, -0.05) is 13.0 Å². The molecule has 0 unspecified atom stereocenters. The van der Waals surface area contributed by atoms with Crippen LogP contribution in [0.2, 0.25) is 0 Å². The van der Waals surface area contributed by atoms with Crippen molar-refractivity contribution in [1.29, 1.82) is 0 Å². The van der Waals surface area contributed by atoms with Gasteiger partial charge in [0.05, 0.1) is 4.92 Å². The summed E-state index contributed by atoms with van der Waals surface area (Å²) < 4.78 is 0. The molecule has 0 radical (unpaired) electrons. The number of aliphatic hydroxyl groups excluding tert-OH is 1. The first-order chi connectivity index (χ1) is 9.12. The minimum atomic E-state index is -0.376. The van der Waals surface area contributed by atoms with Crippen molar-refractivity contribution in [2.24, 2.45) is 0 Å². The van der Waals surface area contributed by atoms with Crippen LogP contribution in [0.3, 0.4) is 0 Å². The Labute approximate surface area is 113 Å². The van der Waals surface area contributed by atoms with Crippen molar-refractivity contribution in [3.63, 3.8) is 0 Å². The molecule has 6 nitrogen and oxygen atoms in total. The number of hydrogen-bond acceptors (Lipinski definition) is 5. The fourth-order valence-electron chi connectivity index (χ4n) is 1.94. The number of hydrogen-bond donors (Lipinski definition) is 2. The lowest BCUT2D eigenvalue weighted by molar-refractivity contribution is -0.384. The summed E-state index contributed by atoms with van der Waals surface area (Å²) in [7, 11) is 1.67. The van der Waals surface area contributed by atoms with E-state index >= 15 is 0 Å². The van der Waals surface area contributed by atoms with Crippen molar-refractivity contribution in [3.05, 3.63) is 33.9 Å². The van der Waals surface area contributed by atoms with Gasteiger partial charge in [0.1, 0.15) is 5.69 Å². The lowest BCUT2D eigenvalue weighted by atomic mass is 10.1. The zero-order valence-electron chi connectivity index (χ0n) is 11.4. The van der Waals surface area contributed by atoms with E-state index in [-0.39, 0.29) is 17.2 Å². The molecule has 0 heterocycles. The van der Waals surface area contributed by atoms with Gasteiger partial charge in [0.25, 0.3) is 5.69 Å². The number of aliphatic hydroxyl groups is 1. The highest BCUT2D eigenvalue weighted by atomic mass is 16.6. The van der Waals surface area contributed by atoms with Crippen LogP contribution in [-0.2, 0) is 6.54 Å². The van der Waals surface area contributed by atoms with Crippen molar-refractivity contribution in [1.82, 2.24) is 4.90 Å². The van der Waals surface area contributed by atoms with Gasteiger partial charge in [-0.25, -0.2) is 0 Å². The Hall–Kier alpha value is -1.66. The Morgan fingerprint density at radius 3 is 2.74 bits per heavy atom. The maximum absolute atomic E-state index is 11.0. The molecule has 0 fully saturated rings. The fraction of sp³-hybridized carbons (Fsp3) is 0.538. The first-order valence-electron chi connectivity index (χ1n) is 6.40. The van der Waals surface area contributed by atoms with E-state index < -0.39 is 0 Å². The van der Waals surface area contributed by atoms with Crippen molar-refractivity contribution in [2.75, 3.05) is 32.1 Å². The van der Waals surface area contributed by atoms with E-state index in [0.29, 0.717) is 18.7 Å². The van der Waals surface area contributed by atoms with Crippen molar-refractivity contribution >= 4 is 11.4 Å². The Bertz CT molecular complexity index is 424. The standard InChI is InChI=1S/C13H21N3O3/c1-3-15(7-4-8-17)10-11-5-6-12(14-2)13(9-11)16(18)19/h5-6,9,14,17H,3-4,7-8,10H2,1-2H3. The fourth-order valence-corrected chi connectivity index (χ4v) is 1.94. The molecule has 19 heavy (non-hydrogen) atoms. The average molecular weight is 267 g/mol. The molecule has 0 aliphatic carbocycles. The van der Waals surface area contributed by atoms with Crippen LogP contribution in [-0.4, -0.2) is 41.7 Å².